The lowest BCUT2D eigenvalue weighted by Gasteiger charge is -2.19. The third-order valence-corrected chi connectivity index (χ3v) is 3.96. The van der Waals surface area contributed by atoms with E-state index in [9.17, 15) is 4.39 Å². The van der Waals surface area contributed by atoms with Crippen molar-refractivity contribution in [1.29, 1.82) is 0 Å². The minimum atomic E-state index is -0.309. The van der Waals surface area contributed by atoms with Crippen molar-refractivity contribution in [2.45, 2.75) is 33.1 Å². The van der Waals surface area contributed by atoms with Gasteiger partial charge in [0.2, 0.25) is 0 Å². The van der Waals surface area contributed by atoms with E-state index >= 15 is 0 Å². The standard InChI is InChI=1S/C17H18ClF/c1-10-7-12(3)16(13(4)8-10)17(18)15-9-14(19)6-5-11(15)2/h5-9,17H,1-4H3. The molecule has 0 heterocycles. The second-order valence-corrected chi connectivity index (χ2v) is 5.61. The maximum absolute atomic E-state index is 13.4. The van der Waals surface area contributed by atoms with Gasteiger partial charge in [0.25, 0.3) is 0 Å². The van der Waals surface area contributed by atoms with Crippen molar-refractivity contribution in [2.75, 3.05) is 0 Å². The second kappa shape index (κ2) is 5.34. The van der Waals surface area contributed by atoms with Crippen molar-refractivity contribution in [3.05, 3.63) is 69.5 Å². The second-order valence-electron chi connectivity index (χ2n) is 5.18. The van der Waals surface area contributed by atoms with Crippen molar-refractivity contribution >= 4 is 11.6 Å². The fraction of sp³-hybridized carbons (Fsp3) is 0.294. The van der Waals surface area contributed by atoms with Crippen molar-refractivity contribution in [3.8, 4) is 0 Å². The van der Waals surface area contributed by atoms with Crippen LogP contribution < -0.4 is 0 Å². The van der Waals surface area contributed by atoms with Gasteiger partial charge in [0.05, 0.1) is 5.38 Å². The third-order valence-electron chi connectivity index (χ3n) is 3.51. The van der Waals surface area contributed by atoms with Crippen LogP contribution in [0.15, 0.2) is 30.3 Å². The van der Waals surface area contributed by atoms with Crippen LogP contribution in [0.4, 0.5) is 4.39 Å². The van der Waals surface area contributed by atoms with E-state index in [4.69, 9.17) is 11.6 Å². The summed E-state index contributed by atoms with van der Waals surface area (Å²) < 4.78 is 13.4. The molecule has 2 aromatic carbocycles. The van der Waals surface area contributed by atoms with Gasteiger partial charge in [-0.2, -0.15) is 0 Å². The molecule has 0 aliphatic rings. The molecule has 0 aliphatic heterocycles. The molecule has 0 nitrogen and oxygen atoms in total. The zero-order valence-corrected chi connectivity index (χ0v) is 12.5. The summed E-state index contributed by atoms with van der Waals surface area (Å²) in [6, 6.07) is 9.01. The molecule has 0 fully saturated rings. The van der Waals surface area contributed by atoms with Crippen molar-refractivity contribution in [1.82, 2.24) is 0 Å². The van der Waals surface area contributed by atoms with Gasteiger partial charge in [-0.3, -0.25) is 0 Å². The van der Waals surface area contributed by atoms with Crippen LogP contribution in [-0.2, 0) is 0 Å². The lowest BCUT2D eigenvalue weighted by atomic mass is 9.92. The van der Waals surface area contributed by atoms with Crippen molar-refractivity contribution in [3.63, 3.8) is 0 Å². The number of rotatable bonds is 2. The monoisotopic (exact) mass is 276 g/mol. The lowest BCUT2D eigenvalue weighted by molar-refractivity contribution is 0.625. The van der Waals surface area contributed by atoms with Gasteiger partial charge in [0, 0.05) is 0 Å². The van der Waals surface area contributed by atoms with Gasteiger partial charge in [0.15, 0.2) is 0 Å². The first kappa shape index (κ1) is 14.1. The molecule has 1 atom stereocenters. The number of hydrogen-bond acceptors (Lipinski definition) is 0. The van der Waals surface area contributed by atoms with Gasteiger partial charge in [-0.05, 0) is 67.6 Å². The number of halogens is 2. The highest BCUT2D eigenvalue weighted by Crippen LogP contribution is 2.35. The highest BCUT2D eigenvalue weighted by Gasteiger charge is 2.18. The molecular formula is C17H18ClF. The van der Waals surface area contributed by atoms with Crippen LogP contribution in [0.25, 0.3) is 0 Å². The Morgan fingerprint density at radius 3 is 2.05 bits per heavy atom. The van der Waals surface area contributed by atoms with E-state index in [-0.39, 0.29) is 11.2 Å². The smallest absolute Gasteiger partial charge is 0.123 e. The first-order valence-electron chi connectivity index (χ1n) is 6.38. The zero-order valence-electron chi connectivity index (χ0n) is 11.7. The van der Waals surface area contributed by atoms with Crippen LogP contribution in [0.5, 0.6) is 0 Å². The Morgan fingerprint density at radius 1 is 0.895 bits per heavy atom. The summed E-state index contributed by atoms with van der Waals surface area (Å²) in [5, 5.41) is -0.309. The van der Waals surface area contributed by atoms with E-state index in [0.29, 0.717) is 0 Å². The molecule has 2 aromatic rings. The summed E-state index contributed by atoms with van der Waals surface area (Å²) in [5.41, 5.74) is 6.47. The molecule has 2 heteroatoms. The molecule has 0 saturated carbocycles. The topological polar surface area (TPSA) is 0 Å². The highest BCUT2D eigenvalue weighted by molar-refractivity contribution is 6.23. The van der Waals surface area contributed by atoms with Crippen molar-refractivity contribution in [2.24, 2.45) is 0 Å². The Morgan fingerprint density at radius 2 is 1.47 bits per heavy atom. The van der Waals surface area contributed by atoms with Crippen LogP contribution in [-0.4, -0.2) is 0 Å². The Bertz CT molecular complexity index is 594. The number of benzene rings is 2. The summed E-state index contributed by atoms with van der Waals surface area (Å²) in [5.74, 6) is -0.242. The number of aryl methyl sites for hydroxylation is 4. The lowest BCUT2D eigenvalue weighted by Crippen LogP contribution is -2.02. The van der Waals surface area contributed by atoms with E-state index in [1.54, 1.807) is 6.07 Å². The molecule has 0 radical (unpaired) electrons. The van der Waals surface area contributed by atoms with Crippen molar-refractivity contribution < 1.29 is 4.39 Å². The van der Waals surface area contributed by atoms with E-state index in [2.05, 4.69) is 32.9 Å². The molecular weight excluding hydrogens is 259 g/mol. The van der Waals surface area contributed by atoms with Crippen LogP contribution >= 0.6 is 11.6 Å². The van der Waals surface area contributed by atoms with Gasteiger partial charge < -0.3 is 0 Å². The van der Waals surface area contributed by atoms with E-state index in [1.165, 1.54) is 17.7 Å². The van der Waals surface area contributed by atoms with E-state index in [0.717, 1.165) is 27.8 Å². The fourth-order valence-electron chi connectivity index (χ4n) is 2.63. The Hall–Kier alpha value is -1.34. The molecule has 2 rings (SSSR count). The fourth-order valence-corrected chi connectivity index (χ4v) is 3.21. The van der Waals surface area contributed by atoms with Gasteiger partial charge in [-0.15, -0.1) is 11.6 Å². The highest BCUT2D eigenvalue weighted by atomic mass is 35.5. The van der Waals surface area contributed by atoms with Gasteiger partial charge in [0.1, 0.15) is 5.82 Å². The van der Waals surface area contributed by atoms with E-state index < -0.39 is 0 Å². The van der Waals surface area contributed by atoms with Gasteiger partial charge in [-0.1, -0.05) is 23.8 Å². The maximum Gasteiger partial charge on any atom is 0.123 e. The molecule has 0 bridgehead atoms. The quantitative estimate of drug-likeness (QED) is 0.645. The SMILES string of the molecule is Cc1cc(C)c(C(Cl)c2cc(F)ccc2C)c(C)c1. The molecule has 0 amide bonds. The minimum Gasteiger partial charge on any atom is -0.207 e. The largest absolute Gasteiger partial charge is 0.207 e. The van der Waals surface area contributed by atoms with E-state index in [1.807, 2.05) is 6.92 Å². The molecule has 0 aromatic heterocycles. The Kier molecular flexibility index (Phi) is 3.96. The average molecular weight is 277 g/mol. The first-order chi connectivity index (χ1) is 8.90. The Balaban J connectivity index is 2.56. The molecule has 0 saturated heterocycles. The minimum absolute atomic E-state index is 0.242. The normalized spacial score (nSPS) is 12.5. The summed E-state index contributed by atoms with van der Waals surface area (Å²) >= 11 is 6.61. The van der Waals surface area contributed by atoms with Crippen LogP contribution in [0.3, 0.4) is 0 Å². The van der Waals surface area contributed by atoms with Crippen LogP contribution in [0.2, 0.25) is 0 Å². The third kappa shape index (κ3) is 2.82. The molecule has 0 N–H and O–H groups in total. The predicted molar refractivity (Wildman–Crippen MR) is 79.5 cm³/mol. The van der Waals surface area contributed by atoms with Gasteiger partial charge >= 0.3 is 0 Å². The zero-order chi connectivity index (χ0) is 14.2. The maximum atomic E-state index is 13.4. The Labute approximate surface area is 119 Å². The summed E-state index contributed by atoms with van der Waals surface area (Å²) in [6.45, 7) is 8.14. The van der Waals surface area contributed by atoms with Gasteiger partial charge in [-0.25, -0.2) is 4.39 Å². The number of hydrogen-bond donors (Lipinski definition) is 0. The number of alkyl halides is 1. The summed E-state index contributed by atoms with van der Waals surface area (Å²) in [7, 11) is 0. The molecule has 1 unspecified atom stereocenters. The first-order valence-corrected chi connectivity index (χ1v) is 6.81. The molecule has 19 heavy (non-hydrogen) atoms. The summed E-state index contributed by atoms with van der Waals surface area (Å²) in [4.78, 5) is 0. The average Bonchev–Trinajstić information content (AvgIpc) is 2.30. The summed E-state index contributed by atoms with van der Waals surface area (Å²) in [6.07, 6.45) is 0. The molecule has 0 spiro atoms. The molecule has 100 valence electrons. The predicted octanol–water partition coefficient (Wildman–Crippen LogP) is 5.39. The van der Waals surface area contributed by atoms with Crippen LogP contribution in [0.1, 0.15) is 38.8 Å². The van der Waals surface area contributed by atoms with Crippen LogP contribution in [0, 0.1) is 33.5 Å². The molecule has 0 aliphatic carbocycles.